The molecule has 2 nitrogen and oxygen atoms in total. The Labute approximate surface area is 83.3 Å². The maximum atomic E-state index is 9.83. The van der Waals surface area contributed by atoms with Crippen LogP contribution in [0.2, 0.25) is 0 Å². The highest BCUT2D eigenvalue weighted by Gasteiger charge is 2.23. The largest absolute Gasteiger partial charge is 0.387 e. The maximum Gasteiger partial charge on any atom is 0.0943 e. The molecular weight excluding hydrogens is 186 g/mol. The summed E-state index contributed by atoms with van der Waals surface area (Å²) in [4.78, 5) is 0. The number of alkyl halides is 1. The third-order valence-electron chi connectivity index (χ3n) is 2.00. The Kier molecular flexibility index (Phi) is 3.72. The Morgan fingerprint density at radius 3 is 2.38 bits per heavy atom. The molecule has 1 aromatic rings. The fourth-order valence-electron chi connectivity index (χ4n) is 1.15. The minimum absolute atomic E-state index is 0.165. The maximum absolute atomic E-state index is 9.83. The topological polar surface area (TPSA) is 46.2 Å². The van der Waals surface area contributed by atoms with E-state index in [0.717, 1.165) is 5.56 Å². The lowest BCUT2D eigenvalue weighted by molar-refractivity contribution is 0.0733. The van der Waals surface area contributed by atoms with Crippen LogP contribution in [0, 0.1) is 0 Å². The number of aliphatic hydroxyl groups is 1. The fourth-order valence-corrected chi connectivity index (χ4v) is 1.35. The summed E-state index contributed by atoms with van der Waals surface area (Å²) in [6, 6.07) is 9.70. The Morgan fingerprint density at radius 1 is 1.31 bits per heavy atom. The molecule has 0 radical (unpaired) electrons. The molecule has 0 aliphatic rings. The Balaban J connectivity index is 2.68. The van der Waals surface area contributed by atoms with Gasteiger partial charge >= 0.3 is 0 Å². The van der Waals surface area contributed by atoms with Crippen LogP contribution in [0.3, 0.4) is 0 Å². The predicted molar refractivity (Wildman–Crippen MR) is 54.9 cm³/mol. The first-order valence-electron chi connectivity index (χ1n) is 4.22. The number of rotatable bonds is 4. The average Bonchev–Trinajstić information content (AvgIpc) is 2.19. The van der Waals surface area contributed by atoms with Crippen molar-refractivity contribution in [3.8, 4) is 0 Å². The molecule has 0 aliphatic carbocycles. The first kappa shape index (κ1) is 10.5. The molecule has 1 unspecified atom stereocenters. The standard InChI is InChI=1S/C10H14ClNO/c11-7-10(13,8-12)6-9-4-2-1-3-5-9/h1-5,13H,6-8,12H2. The molecule has 0 amide bonds. The van der Waals surface area contributed by atoms with Gasteiger partial charge in [-0.15, -0.1) is 11.6 Å². The van der Waals surface area contributed by atoms with Crippen molar-refractivity contribution in [2.75, 3.05) is 12.4 Å². The highest BCUT2D eigenvalue weighted by atomic mass is 35.5. The SMILES string of the molecule is NCC(O)(CCl)Cc1ccccc1. The zero-order chi connectivity index (χ0) is 9.73. The summed E-state index contributed by atoms with van der Waals surface area (Å²) < 4.78 is 0. The average molecular weight is 200 g/mol. The van der Waals surface area contributed by atoms with Gasteiger partial charge in [0.25, 0.3) is 0 Å². The van der Waals surface area contributed by atoms with E-state index in [-0.39, 0.29) is 12.4 Å². The fraction of sp³-hybridized carbons (Fsp3) is 0.400. The van der Waals surface area contributed by atoms with Crippen LogP contribution < -0.4 is 5.73 Å². The molecule has 0 saturated carbocycles. The highest BCUT2D eigenvalue weighted by Crippen LogP contribution is 2.13. The van der Waals surface area contributed by atoms with Crippen molar-refractivity contribution in [2.24, 2.45) is 5.73 Å². The third-order valence-corrected chi connectivity index (χ3v) is 2.50. The van der Waals surface area contributed by atoms with Gasteiger partial charge in [-0.2, -0.15) is 0 Å². The molecule has 0 saturated heterocycles. The molecule has 0 spiro atoms. The van der Waals surface area contributed by atoms with Crippen molar-refractivity contribution in [2.45, 2.75) is 12.0 Å². The molecule has 0 heterocycles. The number of hydrogen-bond donors (Lipinski definition) is 2. The lowest BCUT2D eigenvalue weighted by Gasteiger charge is -2.23. The Morgan fingerprint density at radius 2 is 1.92 bits per heavy atom. The quantitative estimate of drug-likeness (QED) is 0.715. The molecule has 0 bridgehead atoms. The minimum atomic E-state index is -0.969. The van der Waals surface area contributed by atoms with Crippen LogP contribution in [-0.2, 0) is 6.42 Å². The molecule has 0 fully saturated rings. The van der Waals surface area contributed by atoms with Crippen LogP contribution in [-0.4, -0.2) is 23.1 Å². The van der Waals surface area contributed by atoms with Gasteiger partial charge in [0.2, 0.25) is 0 Å². The smallest absolute Gasteiger partial charge is 0.0943 e. The summed E-state index contributed by atoms with van der Waals surface area (Å²) in [5.74, 6) is 0.165. The van der Waals surface area contributed by atoms with E-state index >= 15 is 0 Å². The van der Waals surface area contributed by atoms with Crippen molar-refractivity contribution in [3.05, 3.63) is 35.9 Å². The van der Waals surface area contributed by atoms with E-state index in [2.05, 4.69) is 0 Å². The first-order chi connectivity index (χ1) is 6.20. The van der Waals surface area contributed by atoms with Crippen LogP contribution in [0.1, 0.15) is 5.56 Å². The van der Waals surface area contributed by atoms with Gasteiger partial charge in [-0.3, -0.25) is 0 Å². The molecule has 1 aromatic carbocycles. The normalized spacial score (nSPS) is 15.3. The summed E-state index contributed by atoms with van der Waals surface area (Å²) in [6.45, 7) is 0.186. The van der Waals surface area contributed by atoms with Gasteiger partial charge in [0.05, 0.1) is 11.5 Å². The number of nitrogens with two attached hydrogens (primary N) is 1. The van der Waals surface area contributed by atoms with E-state index in [4.69, 9.17) is 17.3 Å². The molecule has 72 valence electrons. The van der Waals surface area contributed by atoms with Crippen LogP contribution in [0.5, 0.6) is 0 Å². The van der Waals surface area contributed by atoms with Crippen LogP contribution in [0.15, 0.2) is 30.3 Å². The first-order valence-corrected chi connectivity index (χ1v) is 4.76. The van der Waals surface area contributed by atoms with E-state index in [1.807, 2.05) is 30.3 Å². The van der Waals surface area contributed by atoms with Crippen LogP contribution in [0.25, 0.3) is 0 Å². The summed E-state index contributed by atoms with van der Waals surface area (Å²) in [5.41, 5.74) is 5.51. The van der Waals surface area contributed by atoms with Gasteiger partial charge in [-0.05, 0) is 5.56 Å². The number of benzene rings is 1. The second-order valence-electron chi connectivity index (χ2n) is 3.22. The van der Waals surface area contributed by atoms with E-state index in [1.165, 1.54) is 0 Å². The summed E-state index contributed by atoms with van der Waals surface area (Å²) in [7, 11) is 0. The van der Waals surface area contributed by atoms with Crippen LogP contribution in [0.4, 0.5) is 0 Å². The van der Waals surface area contributed by atoms with Crippen molar-refractivity contribution in [3.63, 3.8) is 0 Å². The van der Waals surface area contributed by atoms with Gasteiger partial charge in [-0.1, -0.05) is 30.3 Å². The summed E-state index contributed by atoms with van der Waals surface area (Å²) >= 11 is 5.63. The highest BCUT2D eigenvalue weighted by molar-refractivity contribution is 6.18. The van der Waals surface area contributed by atoms with E-state index in [9.17, 15) is 5.11 Å². The molecule has 1 rings (SSSR count). The predicted octanol–water partition coefficient (Wildman–Crippen LogP) is 1.16. The van der Waals surface area contributed by atoms with E-state index in [0.29, 0.717) is 6.42 Å². The third kappa shape index (κ3) is 2.99. The summed E-state index contributed by atoms with van der Waals surface area (Å²) in [5, 5.41) is 9.83. The molecule has 3 heteroatoms. The van der Waals surface area contributed by atoms with Crippen LogP contribution >= 0.6 is 11.6 Å². The van der Waals surface area contributed by atoms with E-state index in [1.54, 1.807) is 0 Å². The second kappa shape index (κ2) is 4.61. The zero-order valence-corrected chi connectivity index (χ0v) is 8.17. The lowest BCUT2D eigenvalue weighted by Crippen LogP contribution is -2.41. The minimum Gasteiger partial charge on any atom is -0.387 e. The Hall–Kier alpha value is -0.570. The van der Waals surface area contributed by atoms with Gasteiger partial charge in [0.15, 0.2) is 0 Å². The van der Waals surface area contributed by atoms with E-state index < -0.39 is 5.60 Å². The molecule has 3 N–H and O–H groups in total. The number of hydrogen-bond acceptors (Lipinski definition) is 2. The lowest BCUT2D eigenvalue weighted by atomic mass is 9.97. The van der Waals surface area contributed by atoms with Crippen molar-refractivity contribution >= 4 is 11.6 Å². The van der Waals surface area contributed by atoms with Gasteiger partial charge in [0.1, 0.15) is 0 Å². The molecular formula is C10H14ClNO. The second-order valence-corrected chi connectivity index (χ2v) is 3.49. The van der Waals surface area contributed by atoms with Gasteiger partial charge in [-0.25, -0.2) is 0 Å². The van der Waals surface area contributed by atoms with Gasteiger partial charge in [0, 0.05) is 13.0 Å². The van der Waals surface area contributed by atoms with Crippen molar-refractivity contribution in [1.82, 2.24) is 0 Å². The number of halogens is 1. The summed E-state index contributed by atoms with van der Waals surface area (Å²) in [6.07, 6.45) is 0.508. The van der Waals surface area contributed by atoms with Crippen molar-refractivity contribution < 1.29 is 5.11 Å². The van der Waals surface area contributed by atoms with Crippen molar-refractivity contribution in [1.29, 1.82) is 0 Å². The molecule has 0 aliphatic heterocycles. The molecule has 0 aromatic heterocycles. The zero-order valence-electron chi connectivity index (χ0n) is 7.41. The molecule has 1 atom stereocenters. The van der Waals surface area contributed by atoms with Gasteiger partial charge < -0.3 is 10.8 Å². The monoisotopic (exact) mass is 199 g/mol. The molecule has 13 heavy (non-hydrogen) atoms. The Bertz CT molecular complexity index is 246.